The number of benzene rings is 1. The van der Waals surface area contributed by atoms with Crippen LogP contribution in [0.15, 0.2) is 23.1 Å². The van der Waals surface area contributed by atoms with Crippen molar-refractivity contribution in [3.05, 3.63) is 29.3 Å². The molecule has 0 aromatic heterocycles. The number of carbonyl (C=O) groups is 2. The van der Waals surface area contributed by atoms with Crippen LogP contribution < -0.4 is 0 Å². The average Bonchev–Trinajstić information content (AvgIpc) is 2.68. The second kappa shape index (κ2) is 9.05. The summed E-state index contributed by atoms with van der Waals surface area (Å²) < 4.78 is 45.4. The third-order valence-electron chi connectivity index (χ3n) is 5.32. The number of hydrogen-bond donors (Lipinski definition) is 0. The maximum absolute atomic E-state index is 12.5. The van der Waals surface area contributed by atoms with Gasteiger partial charge in [0.1, 0.15) is 22.3 Å². The molecule has 0 saturated heterocycles. The van der Waals surface area contributed by atoms with Crippen LogP contribution in [0.25, 0.3) is 0 Å². The van der Waals surface area contributed by atoms with Gasteiger partial charge in [-0.2, -0.15) is 0 Å². The van der Waals surface area contributed by atoms with Crippen LogP contribution in [-0.4, -0.2) is 37.1 Å². The van der Waals surface area contributed by atoms with Crippen molar-refractivity contribution in [1.29, 1.82) is 0 Å². The van der Waals surface area contributed by atoms with Crippen LogP contribution in [0, 0.1) is 0 Å². The summed E-state index contributed by atoms with van der Waals surface area (Å²) in [6, 6.07) is 3.17. The van der Waals surface area contributed by atoms with E-state index in [4.69, 9.17) is 9.47 Å². The molecule has 2 fully saturated rings. The van der Waals surface area contributed by atoms with Crippen molar-refractivity contribution >= 4 is 22.1 Å². The largest absolute Gasteiger partial charge is 0.744 e. The summed E-state index contributed by atoms with van der Waals surface area (Å²) in [5, 5.41) is 0. The molecule has 7 nitrogen and oxygen atoms in total. The molecular weight excluding hydrogens is 384 g/mol. The minimum atomic E-state index is -4.85. The third-order valence-corrected chi connectivity index (χ3v) is 6.13. The Labute approximate surface area is 165 Å². The molecule has 0 heterocycles. The number of hydrogen-bond acceptors (Lipinski definition) is 7. The lowest BCUT2D eigenvalue weighted by Gasteiger charge is -2.23. The fourth-order valence-corrected chi connectivity index (χ4v) is 4.33. The number of rotatable bonds is 5. The third kappa shape index (κ3) is 5.54. The number of esters is 2. The van der Waals surface area contributed by atoms with Gasteiger partial charge in [-0.3, -0.25) is 0 Å². The van der Waals surface area contributed by atoms with Gasteiger partial charge >= 0.3 is 11.9 Å². The monoisotopic (exact) mass is 409 g/mol. The minimum Gasteiger partial charge on any atom is -0.744 e. The first-order valence-corrected chi connectivity index (χ1v) is 11.3. The second-order valence-corrected chi connectivity index (χ2v) is 8.91. The molecule has 2 aliphatic rings. The van der Waals surface area contributed by atoms with Gasteiger partial charge in [0, 0.05) is 0 Å². The Morgan fingerprint density at radius 2 is 1.14 bits per heavy atom. The van der Waals surface area contributed by atoms with E-state index in [0.29, 0.717) is 0 Å². The molecule has 0 amide bonds. The summed E-state index contributed by atoms with van der Waals surface area (Å²) in [5.41, 5.74) is -0.254. The summed E-state index contributed by atoms with van der Waals surface area (Å²) in [4.78, 5) is 24.3. The Kier molecular flexibility index (Phi) is 6.72. The van der Waals surface area contributed by atoms with Crippen LogP contribution in [-0.2, 0) is 19.6 Å². The highest BCUT2D eigenvalue weighted by atomic mass is 32.2. The van der Waals surface area contributed by atoms with Gasteiger partial charge in [0.05, 0.1) is 16.0 Å². The molecule has 1 aromatic carbocycles. The van der Waals surface area contributed by atoms with Crippen molar-refractivity contribution in [2.75, 3.05) is 0 Å². The van der Waals surface area contributed by atoms with Gasteiger partial charge in [0.15, 0.2) is 0 Å². The van der Waals surface area contributed by atoms with Gasteiger partial charge in [0.25, 0.3) is 0 Å². The molecule has 0 bridgehead atoms. The molecule has 3 rings (SSSR count). The van der Waals surface area contributed by atoms with E-state index in [1.54, 1.807) is 0 Å². The first kappa shape index (κ1) is 20.8. The zero-order valence-corrected chi connectivity index (χ0v) is 16.5. The molecule has 2 saturated carbocycles. The molecule has 1 aromatic rings. The fraction of sp³-hybridized carbons (Fsp3) is 0.600. The van der Waals surface area contributed by atoms with Crippen molar-refractivity contribution in [2.24, 2.45) is 0 Å². The molecule has 2 aliphatic carbocycles. The molecule has 0 atom stereocenters. The summed E-state index contributed by atoms with van der Waals surface area (Å²) in [5.74, 6) is -1.46. The Balaban J connectivity index is 1.81. The van der Waals surface area contributed by atoms with Gasteiger partial charge in [-0.25, -0.2) is 18.0 Å². The van der Waals surface area contributed by atoms with Crippen molar-refractivity contribution in [3.8, 4) is 0 Å². The molecular formula is C20H25O7S-. The minimum absolute atomic E-state index is 0.127. The molecule has 28 heavy (non-hydrogen) atoms. The Morgan fingerprint density at radius 3 is 1.50 bits per heavy atom. The second-order valence-electron chi connectivity index (χ2n) is 7.53. The van der Waals surface area contributed by atoms with E-state index in [1.165, 1.54) is 6.07 Å². The first-order valence-electron chi connectivity index (χ1n) is 9.86. The highest BCUT2D eigenvalue weighted by molar-refractivity contribution is 7.85. The average molecular weight is 409 g/mol. The standard InChI is InChI=1S/C20H26O7S/c21-19(26-16-7-3-1-4-8-16)14-11-15(13-18(12-14)28(23,24)25)20(22)27-17-9-5-2-6-10-17/h11-13,16-17H,1-10H2,(H,23,24,25)/p-1. The van der Waals surface area contributed by atoms with Gasteiger partial charge < -0.3 is 14.0 Å². The van der Waals surface area contributed by atoms with Gasteiger partial charge in [-0.15, -0.1) is 0 Å². The van der Waals surface area contributed by atoms with Crippen LogP contribution >= 0.6 is 0 Å². The first-order chi connectivity index (χ1) is 13.3. The van der Waals surface area contributed by atoms with Crippen LogP contribution in [0.4, 0.5) is 0 Å². The summed E-state index contributed by atoms with van der Waals surface area (Å²) in [6.07, 6.45) is 8.59. The van der Waals surface area contributed by atoms with Crippen LogP contribution in [0.2, 0.25) is 0 Å². The molecule has 0 spiro atoms. The van der Waals surface area contributed by atoms with Crippen molar-refractivity contribution in [3.63, 3.8) is 0 Å². The van der Waals surface area contributed by atoms with Crippen molar-refractivity contribution in [1.82, 2.24) is 0 Å². The maximum Gasteiger partial charge on any atom is 0.338 e. The predicted molar refractivity (Wildman–Crippen MR) is 99.0 cm³/mol. The molecule has 154 valence electrons. The number of carbonyl (C=O) groups excluding carboxylic acids is 2. The molecule has 0 unspecified atom stereocenters. The smallest absolute Gasteiger partial charge is 0.338 e. The lowest BCUT2D eigenvalue weighted by molar-refractivity contribution is 0.0209. The van der Waals surface area contributed by atoms with E-state index >= 15 is 0 Å². The molecule has 0 radical (unpaired) electrons. The summed E-state index contributed by atoms with van der Waals surface area (Å²) in [6.45, 7) is 0. The van der Waals surface area contributed by atoms with Gasteiger partial charge in [-0.05, 0) is 69.6 Å². The SMILES string of the molecule is O=C(OC1CCCCC1)c1cc(C(=O)OC2CCCCC2)cc(S(=O)(=O)[O-])c1. The lowest BCUT2D eigenvalue weighted by atomic mass is 9.97. The Hall–Kier alpha value is -1.93. The fourth-order valence-electron chi connectivity index (χ4n) is 3.78. The van der Waals surface area contributed by atoms with Crippen LogP contribution in [0.3, 0.4) is 0 Å². The highest BCUT2D eigenvalue weighted by Crippen LogP contribution is 2.25. The zero-order valence-electron chi connectivity index (χ0n) is 15.7. The predicted octanol–water partition coefficient (Wildman–Crippen LogP) is 3.57. The molecule has 8 heteroatoms. The topological polar surface area (TPSA) is 110 Å². The Bertz CT molecular complexity index is 769. The van der Waals surface area contributed by atoms with E-state index in [0.717, 1.165) is 76.3 Å². The normalized spacial score (nSPS) is 19.2. The van der Waals surface area contributed by atoms with E-state index in [2.05, 4.69) is 0 Å². The van der Waals surface area contributed by atoms with Crippen molar-refractivity contribution in [2.45, 2.75) is 81.3 Å². The zero-order chi connectivity index (χ0) is 20.1. The lowest BCUT2D eigenvalue weighted by Crippen LogP contribution is -2.23. The van der Waals surface area contributed by atoms with E-state index in [9.17, 15) is 22.6 Å². The van der Waals surface area contributed by atoms with Crippen LogP contribution in [0.5, 0.6) is 0 Å². The maximum atomic E-state index is 12.5. The van der Waals surface area contributed by atoms with Crippen molar-refractivity contribution < 1.29 is 32.0 Å². The van der Waals surface area contributed by atoms with E-state index in [1.807, 2.05) is 0 Å². The van der Waals surface area contributed by atoms with Crippen LogP contribution in [0.1, 0.15) is 84.9 Å². The summed E-state index contributed by atoms with van der Waals surface area (Å²) >= 11 is 0. The quantitative estimate of drug-likeness (QED) is 0.540. The number of ether oxygens (including phenoxy) is 2. The van der Waals surface area contributed by atoms with E-state index < -0.39 is 27.0 Å². The van der Waals surface area contributed by atoms with E-state index in [-0.39, 0.29) is 23.3 Å². The summed E-state index contributed by atoms with van der Waals surface area (Å²) in [7, 11) is -4.85. The van der Waals surface area contributed by atoms with Gasteiger partial charge in [-0.1, -0.05) is 12.8 Å². The molecule has 0 N–H and O–H groups in total. The molecule has 0 aliphatic heterocycles. The Morgan fingerprint density at radius 1 is 0.750 bits per heavy atom. The highest BCUT2D eigenvalue weighted by Gasteiger charge is 2.23. The van der Waals surface area contributed by atoms with Gasteiger partial charge in [0.2, 0.25) is 0 Å².